The van der Waals surface area contributed by atoms with Crippen molar-refractivity contribution in [2.24, 2.45) is 5.92 Å². The molecule has 0 amide bonds. The van der Waals surface area contributed by atoms with E-state index < -0.39 is 0 Å². The van der Waals surface area contributed by atoms with E-state index in [2.05, 4.69) is 26.4 Å². The Morgan fingerprint density at radius 3 is 2.85 bits per heavy atom. The van der Waals surface area contributed by atoms with Crippen LogP contribution in [0.3, 0.4) is 0 Å². The van der Waals surface area contributed by atoms with Crippen LogP contribution in [0.2, 0.25) is 0 Å². The number of nitrogens with zero attached hydrogens (tertiary/aromatic N) is 4. The fraction of sp³-hybridized carbons (Fsp3) is 0.800. The molecule has 0 aromatic carbocycles. The molecule has 3 rings (SSSR count). The van der Waals surface area contributed by atoms with Crippen LogP contribution in [0.4, 0.5) is 0 Å². The maximum absolute atomic E-state index is 9.36. The lowest BCUT2D eigenvalue weighted by molar-refractivity contribution is 0.153. The first kappa shape index (κ1) is 14.0. The summed E-state index contributed by atoms with van der Waals surface area (Å²) in [6, 6.07) is 0. The predicted molar refractivity (Wildman–Crippen MR) is 78.8 cm³/mol. The van der Waals surface area contributed by atoms with Crippen molar-refractivity contribution in [2.45, 2.75) is 25.8 Å². The second-order valence-electron chi connectivity index (χ2n) is 6.26. The van der Waals surface area contributed by atoms with E-state index in [0.29, 0.717) is 12.5 Å². The van der Waals surface area contributed by atoms with E-state index in [0.717, 1.165) is 32.4 Å². The van der Waals surface area contributed by atoms with Gasteiger partial charge in [-0.05, 0) is 19.9 Å². The molecule has 5 nitrogen and oxygen atoms in total. The molecular formula is C15H26N4O. The zero-order valence-corrected chi connectivity index (χ0v) is 12.5. The molecule has 1 N–H and O–H groups in total. The van der Waals surface area contributed by atoms with Crippen LogP contribution in [-0.2, 0) is 19.4 Å². The molecule has 112 valence electrons. The first-order valence-electron chi connectivity index (χ1n) is 7.81. The molecule has 0 bridgehead atoms. The van der Waals surface area contributed by atoms with Crippen molar-refractivity contribution in [3.63, 3.8) is 0 Å². The lowest BCUT2D eigenvalue weighted by Gasteiger charge is -2.32. The van der Waals surface area contributed by atoms with Gasteiger partial charge >= 0.3 is 0 Å². The van der Waals surface area contributed by atoms with Gasteiger partial charge < -0.3 is 19.5 Å². The van der Waals surface area contributed by atoms with Crippen molar-refractivity contribution in [3.05, 3.63) is 17.7 Å². The minimum Gasteiger partial charge on any atom is -0.396 e. The molecule has 1 unspecified atom stereocenters. The van der Waals surface area contributed by atoms with Crippen LogP contribution in [0.1, 0.15) is 17.9 Å². The van der Waals surface area contributed by atoms with E-state index in [9.17, 15) is 5.11 Å². The number of aliphatic hydroxyl groups excluding tert-OH is 1. The number of imidazole rings is 1. The molecule has 2 aliphatic heterocycles. The molecule has 1 fully saturated rings. The normalized spacial score (nSPS) is 24.8. The number of hydrogen-bond donors (Lipinski definition) is 1. The highest BCUT2D eigenvalue weighted by atomic mass is 16.3. The minimum absolute atomic E-state index is 0.301. The van der Waals surface area contributed by atoms with Crippen molar-refractivity contribution < 1.29 is 5.11 Å². The SMILES string of the molecule is CN1CCN(CCc2ncc3n2CC(CO)CC3)CC1. The molecule has 5 heteroatoms. The number of rotatable bonds is 4. The summed E-state index contributed by atoms with van der Waals surface area (Å²) in [7, 11) is 2.19. The van der Waals surface area contributed by atoms with E-state index in [1.165, 1.54) is 37.7 Å². The Morgan fingerprint density at radius 1 is 1.30 bits per heavy atom. The van der Waals surface area contributed by atoms with Gasteiger partial charge in [-0.3, -0.25) is 0 Å². The Labute approximate surface area is 121 Å². The summed E-state index contributed by atoms with van der Waals surface area (Å²) in [6.45, 7) is 7.04. The number of likely N-dealkylation sites (N-methyl/N-ethyl adjacent to an activating group) is 1. The first-order chi connectivity index (χ1) is 9.76. The topological polar surface area (TPSA) is 44.5 Å². The molecule has 0 saturated carbocycles. The van der Waals surface area contributed by atoms with Crippen LogP contribution in [-0.4, -0.2) is 70.8 Å². The van der Waals surface area contributed by atoms with Crippen LogP contribution in [0.5, 0.6) is 0 Å². The lowest BCUT2D eigenvalue weighted by Crippen LogP contribution is -2.45. The molecule has 1 saturated heterocycles. The summed E-state index contributed by atoms with van der Waals surface area (Å²) in [5.74, 6) is 1.62. The molecule has 0 aliphatic carbocycles. The number of aryl methyl sites for hydroxylation is 1. The van der Waals surface area contributed by atoms with Gasteiger partial charge in [0.15, 0.2) is 0 Å². The summed E-state index contributed by atoms with van der Waals surface area (Å²) in [4.78, 5) is 9.53. The monoisotopic (exact) mass is 278 g/mol. The van der Waals surface area contributed by atoms with E-state index in [-0.39, 0.29) is 0 Å². The summed E-state index contributed by atoms with van der Waals surface area (Å²) in [5, 5.41) is 9.36. The molecule has 20 heavy (non-hydrogen) atoms. The Kier molecular flexibility index (Phi) is 4.38. The molecule has 0 radical (unpaired) electrons. The second kappa shape index (κ2) is 6.24. The van der Waals surface area contributed by atoms with Gasteiger partial charge in [-0.15, -0.1) is 0 Å². The number of hydrogen-bond acceptors (Lipinski definition) is 4. The molecular weight excluding hydrogens is 252 g/mol. The average Bonchev–Trinajstić information content (AvgIpc) is 2.89. The van der Waals surface area contributed by atoms with Crippen LogP contribution >= 0.6 is 0 Å². The van der Waals surface area contributed by atoms with Gasteiger partial charge in [0.05, 0.1) is 0 Å². The van der Waals surface area contributed by atoms with Gasteiger partial charge in [0.1, 0.15) is 5.82 Å². The van der Waals surface area contributed by atoms with Crippen molar-refractivity contribution in [3.8, 4) is 0 Å². The van der Waals surface area contributed by atoms with Gasteiger partial charge in [0.25, 0.3) is 0 Å². The number of aromatic nitrogens is 2. The van der Waals surface area contributed by atoms with Crippen molar-refractivity contribution in [1.29, 1.82) is 0 Å². The first-order valence-corrected chi connectivity index (χ1v) is 7.81. The van der Waals surface area contributed by atoms with Crippen LogP contribution < -0.4 is 0 Å². The molecule has 1 aromatic heterocycles. The standard InChI is InChI=1S/C15H26N4O/c1-17-6-8-18(9-7-17)5-4-15-16-10-14-3-2-13(12-20)11-19(14)15/h10,13,20H,2-9,11-12H2,1H3. The third-order valence-electron chi connectivity index (χ3n) is 4.78. The van der Waals surface area contributed by atoms with Gasteiger partial charge in [-0.1, -0.05) is 0 Å². The van der Waals surface area contributed by atoms with Gasteiger partial charge in [-0.25, -0.2) is 4.98 Å². The predicted octanol–water partition coefficient (Wildman–Crippen LogP) is 0.228. The zero-order chi connectivity index (χ0) is 13.9. The second-order valence-corrected chi connectivity index (χ2v) is 6.26. The van der Waals surface area contributed by atoms with Gasteiger partial charge in [0.2, 0.25) is 0 Å². The van der Waals surface area contributed by atoms with Crippen LogP contribution in [0, 0.1) is 5.92 Å². The van der Waals surface area contributed by atoms with Crippen molar-refractivity contribution in [1.82, 2.24) is 19.4 Å². The van der Waals surface area contributed by atoms with Crippen molar-refractivity contribution in [2.75, 3.05) is 46.4 Å². The molecule has 2 aliphatic rings. The van der Waals surface area contributed by atoms with E-state index in [4.69, 9.17) is 0 Å². The average molecular weight is 278 g/mol. The summed E-state index contributed by atoms with van der Waals surface area (Å²) >= 11 is 0. The fourth-order valence-corrected chi connectivity index (χ4v) is 3.26. The van der Waals surface area contributed by atoms with Crippen molar-refractivity contribution >= 4 is 0 Å². The maximum Gasteiger partial charge on any atom is 0.110 e. The summed E-state index contributed by atoms with van der Waals surface area (Å²) in [5.41, 5.74) is 1.35. The molecule has 1 atom stereocenters. The van der Waals surface area contributed by atoms with Crippen LogP contribution in [0.15, 0.2) is 6.20 Å². The fourth-order valence-electron chi connectivity index (χ4n) is 3.26. The summed E-state index contributed by atoms with van der Waals surface area (Å²) < 4.78 is 2.35. The third kappa shape index (κ3) is 3.05. The molecule has 1 aromatic rings. The van der Waals surface area contributed by atoms with E-state index in [1.807, 2.05) is 6.20 Å². The molecule has 3 heterocycles. The Balaban J connectivity index is 1.57. The van der Waals surface area contributed by atoms with E-state index >= 15 is 0 Å². The Morgan fingerprint density at radius 2 is 2.10 bits per heavy atom. The zero-order valence-electron chi connectivity index (χ0n) is 12.5. The maximum atomic E-state index is 9.36. The highest BCUT2D eigenvalue weighted by Crippen LogP contribution is 2.21. The number of aliphatic hydroxyl groups is 1. The lowest BCUT2D eigenvalue weighted by atomic mass is 9.99. The summed E-state index contributed by atoms with van der Waals surface area (Å²) in [6.07, 6.45) is 5.22. The molecule has 0 spiro atoms. The minimum atomic E-state index is 0.301. The number of piperazine rings is 1. The Hall–Kier alpha value is -0.910. The largest absolute Gasteiger partial charge is 0.396 e. The highest BCUT2D eigenvalue weighted by molar-refractivity contribution is 5.09. The smallest absolute Gasteiger partial charge is 0.110 e. The van der Waals surface area contributed by atoms with E-state index in [1.54, 1.807) is 0 Å². The quantitative estimate of drug-likeness (QED) is 0.856. The highest BCUT2D eigenvalue weighted by Gasteiger charge is 2.21. The van der Waals surface area contributed by atoms with Crippen LogP contribution in [0.25, 0.3) is 0 Å². The van der Waals surface area contributed by atoms with Gasteiger partial charge in [0, 0.05) is 70.1 Å². The van der Waals surface area contributed by atoms with Gasteiger partial charge in [-0.2, -0.15) is 0 Å². The Bertz CT molecular complexity index is 437. The number of fused-ring (bicyclic) bond motifs is 1. The third-order valence-corrected chi connectivity index (χ3v) is 4.78.